The Bertz CT molecular complexity index is 1020. The van der Waals surface area contributed by atoms with Gasteiger partial charge in [0.25, 0.3) is 0 Å². The van der Waals surface area contributed by atoms with Crippen LogP contribution in [-0.2, 0) is 4.74 Å². The smallest absolute Gasteiger partial charge is 0.109 e. The number of hydrogen-bond acceptors (Lipinski definition) is 2. The standard InChI is InChI=1S/C25H22O2/c26-17-18-27-25(24-16-8-12-20-11-4-5-13-22(20)24)23-15-7-6-14-21(23)19-9-2-1-3-10-19/h1-16,25-26H,17-18H2. The minimum absolute atomic E-state index is 0.00519. The fourth-order valence-corrected chi connectivity index (χ4v) is 3.60. The summed E-state index contributed by atoms with van der Waals surface area (Å²) in [5, 5.41) is 11.7. The zero-order valence-corrected chi connectivity index (χ0v) is 15.1. The van der Waals surface area contributed by atoms with E-state index in [1.54, 1.807) is 0 Å². The SMILES string of the molecule is OCCOC(c1ccccc1-c1ccccc1)c1cccc2ccccc12. The normalized spacial score (nSPS) is 12.2. The summed E-state index contributed by atoms with van der Waals surface area (Å²) in [6.07, 6.45) is -0.250. The van der Waals surface area contributed by atoms with E-state index in [9.17, 15) is 5.11 Å². The number of aliphatic hydroxyl groups excluding tert-OH is 1. The first-order valence-corrected chi connectivity index (χ1v) is 9.23. The second-order valence-corrected chi connectivity index (χ2v) is 6.50. The fraction of sp³-hybridized carbons (Fsp3) is 0.120. The van der Waals surface area contributed by atoms with Crippen molar-refractivity contribution < 1.29 is 9.84 Å². The summed E-state index contributed by atoms with van der Waals surface area (Å²) in [7, 11) is 0. The minimum atomic E-state index is -0.250. The maximum absolute atomic E-state index is 9.38. The predicted molar refractivity (Wildman–Crippen MR) is 111 cm³/mol. The molecule has 1 atom stereocenters. The van der Waals surface area contributed by atoms with Crippen molar-refractivity contribution in [3.05, 3.63) is 108 Å². The maximum atomic E-state index is 9.38. The molecular formula is C25H22O2. The number of hydrogen-bond donors (Lipinski definition) is 1. The van der Waals surface area contributed by atoms with Gasteiger partial charge in [0.05, 0.1) is 13.2 Å². The summed E-state index contributed by atoms with van der Waals surface area (Å²) in [5.41, 5.74) is 4.53. The van der Waals surface area contributed by atoms with E-state index in [1.165, 1.54) is 10.8 Å². The Balaban J connectivity index is 1.89. The van der Waals surface area contributed by atoms with Crippen molar-refractivity contribution in [2.75, 3.05) is 13.2 Å². The first-order chi connectivity index (χ1) is 13.4. The summed E-state index contributed by atoms with van der Waals surface area (Å²) in [4.78, 5) is 0. The van der Waals surface area contributed by atoms with Gasteiger partial charge in [-0.3, -0.25) is 0 Å². The van der Waals surface area contributed by atoms with Crippen molar-refractivity contribution in [3.63, 3.8) is 0 Å². The third-order valence-corrected chi connectivity index (χ3v) is 4.81. The third-order valence-electron chi connectivity index (χ3n) is 4.81. The molecule has 0 amide bonds. The maximum Gasteiger partial charge on any atom is 0.109 e. The molecule has 4 aromatic carbocycles. The molecular weight excluding hydrogens is 332 g/mol. The first kappa shape index (κ1) is 17.5. The minimum Gasteiger partial charge on any atom is -0.394 e. The Morgan fingerprint density at radius 3 is 2.19 bits per heavy atom. The third kappa shape index (κ3) is 3.63. The Morgan fingerprint density at radius 2 is 1.33 bits per heavy atom. The van der Waals surface area contributed by atoms with Crippen molar-refractivity contribution in [3.8, 4) is 11.1 Å². The van der Waals surface area contributed by atoms with Gasteiger partial charge in [-0.25, -0.2) is 0 Å². The van der Waals surface area contributed by atoms with Crippen LogP contribution in [0.1, 0.15) is 17.2 Å². The highest BCUT2D eigenvalue weighted by Gasteiger charge is 2.20. The van der Waals surface area contributed by atoms with Crippen molar-refractivity contribution in [2.45, 2.75) is 6.10 Å². The van der Waals surface area contributed by atoms with Gasteiger partial charge in [-0.1, -0.05) is 97.1 Å². The van der Waals surface area contributed by atoms with Crippen LogP contribution in [-0.4, -0.2) is 18.3 Å². The van der Waals surface area contributed by atoms with E-state index in [0.717, 1.165) is 22.3 Å². The van der Waals surface area contributed by atoms with Crippen LogP contribution in [0.3, 0.4) is 0 Å². The van der Waals surface area contributed by atoms with Crippen molar-refractivity contribution >= 4 is 10.8 Å². The van der Waals surface area contributed by atoms with Gasteiger partial charge in [0.2, 0.25) is 0 Å². The zero-order chi connectivity index (χ0) is 18.5. The van der Waals surface area contributed by atoms with E-state index < -0.39 is 0 Å². The molecule has 1 unspecified atom stereocenters. The lowest BCUT2D eigenvalue weighted by Crippen LogP contribution is -2.11. The molecule has 0 aliphatic heterocycles. The molecule has 0 radical (unpaired) electrons. The fourth-order valence-electron chi connectivity index (χ4n) is 3.60. The molecule has 27 heavy (non-hydrogen) atoms. The Kier molecular flexibility index (Phi) is 5.29. The van der Waals surface area contributed by atoms with Gasteiger partial charge >= 0.3 is 0 Å². The van der Waals surface area contributed by atoms with E-state index >= 15 is 0 Å². The van der Waals surface area contributed by atoms with E-state index in [2.05, 4.69) is 66.7 Å². The number of aliphatic hydroxyl groups is 1. The van der Waals surface area contributed by atoms with E-state index in [1.807, 2.05) is 30.3 Å². The van der Waals surface area contributed by atoms with Crippen LogP contribution in [0, 0.1) is 0 Å². The number of rotatable bonds is 6. The topological polar surface area (TPSA) is 29.5 Å². The Labute approximate surface area is 159 Å². The Hall–Kier alpha value is -2.94. The summed E-state index contributed by atoms with van der Waals surface area (Å²) >= 11 is 0. The lowest BCUT2D eigenvalue weighted by atomic mass is 9.90. The second-order valence-electron chi connectivity index (χ2n) is 6.50. The van der Waals surface area contributed by atoms with Crippen LogP contribution in [0.25, 0.3) is 21.9 Å². The Morgan fingerprint density at radius 1 is 0.667 bits per heavy atom. The van der Waals surface area contributed by atoms with Crippen molar-refractivity contribution in [1.29, 1.82) is 0 Å². The number of benzene rings is 4. The zero-order valence-electron chi connectivity index (χ0n) is 15.1. The molecule has 0 bridgehead atoms. The van der Waals surface area contributed by atoms with Gasteiger partial charge in [-0.15, -0.1) is 0 Å². The molecule has 0 aliphatic carbocycles. The van der Waals surface area contributed by atoms with Crippen molar-refractivity contribution in [2.24, 2.45) is 0 Å². The van der Waals surface area contributed by atoms with Crippen molar-refractivity contribution in [1.82, 2.24) is 0 Å². The molecule has 0 saturated carbocycles. The average Bonchev–Trinajstić information content (AvgIpc) is 2.75. The molecule has 4 rings (SSSR count). The van der Waals surface area contributed by atoms with Crippen LogP contribution in [0.15, 0.2) is 97.1 Å². The average molecular weight is 354 g/mol. The second kappa shape index (κ2) is 8.17. The summed E-state index contributed by atoms with van der Waals surface area (Å²) in [6, 6.07) is 33.3. The molecule has 0 saturated heterocycles. The van der Waals surface area contributed by atoms with Crippen LogP contribution < -0.4 is 0 Å². The highest BCUT2D eigenvalue weighted by Crippen LogP contribution is 2.37. The highest BCUT2D eigenvalue weighted by molar-refractivity contribution is 5.86. The molecule has 2 nitrogen and oxygen atoms in total. The summed E-state index contributed by atoms with van der Waals surface area (Å²) < 4.78 is 6.18. The quantitative estimate of drug-likeness (QED) is 0.488. The molecule has 1 N–H and O–H groups in total. The van der Waals surface area contributed by atoms with E-state index in [0.29, 0.717) is 0 Å². The first-order valence-electron chi connectivity index (χ1n) is 9.23. The van der Waals surface area contributed by atoms with Gasteiger partial charge in [-0.2, -0.15) is 0 Å². The summed E-state index contributed by atoms with van der Waals surface area (Å²) in [6.45, 7) is 0.284. The summed E-state index contributed by atoms with van der Waals surface area (Å²) in [5.74, 6) is 0. The van der Waals surface area contributed by atoms with E-state index in [4.69, 9.17) is 4.74 Å². The molecule has 0 aromatic heterocycles. The molecule has 0 spiro atoms. The van der Waals surface area contributed by atoms with Crippen LogP contribution in [0.5, 0.6) is 0 Å². The van der Waals surface area contributed by atoms with Crippen LogP contribution in [0.4, 0.5) is 0 Å². The molecule has 4 aromatic rings. The van der Waals surface area contributed by atoms with Gasteiger partial charge in [0, 0.05) is 0 Å². The number of fused-ring (bicyclic) bond motifs is 1. The lowest BCUT2D eigenvalue weighted by Gasteiger charge is -2.23. The largest absolute Gasteiger partial charge is 0.394 e. The molecule has 0 fully saturated rings. The van der Waals surface area contributed by atoms with Gasteiger partial charge in [0.1, 0.15) is 6.10 Å². The monoisotopic (exact) mass is 354 g/mol. The van der Waals surface area contributed by atoms with Gasteiger partial charge < -0.3 is 9.84 Å². The number of ether oxygens (including phenoxy) is 1. The lowest BCUT2D eigenvalue weighted by molar-refractivity contribution is 0.0511. The van der Waals surface area contributed by atoms with Gasteiger partial charge in [0.15, 0.2) is 0 Å². The van der Waals surface area contributed by atoms with Crippen LogP contribution in [0.2, 0.25) is 0 Å². The molecule has 134 valence electrons. The van der Waals surface area contributed by atoms with Gasteiger partial charge in [-0.05, 0) is 33.0 Å². The van der Waals surface area contributed by atoms with E-state index in [-0.39, 0.29) is 19.3 Å². The highest BCUT2D eigenvalue weighted by atomic mass is 16.5. The molecule has 2 heteroatoms. The molecule has 0 aliphatic rings. The predicted octanol–water partition coefficient (Wildman–Crippen LogP) is 5.61. The van der Waals surface area contributed by atoms with Crippen LogP contribution >= 0.6 is 0 Å². The molecule has 0 heterocycles.